The van der Waals surface area contributed by atoms with E-state index in [1.54, 1.807) is 19.2 Å². The van der Waals surface area contributed by atoms with Gasteiger partial charge in [-0.2, -0.15) is 0 Å². The van der Waals surface area contributed by atoms with Gasteiger partial charge in [-0.1, -0.05) is 26.0 Å². The van der Waals surface area contributed by atoms with Crippen LogP contribution in [0.5, 0.6) is 5.75 Å². The number of hydrogen-bond acceptors (Lipinski definition) is 3. The first-order valence-corrected chi connectivity index (χ1v) is 6.51. The minimum Gasteiger partial charge on any atom is -0.495 e. The zero-order valence-corrected chi connectivity index (χ0v) is 11.8. The minimum absolute atomic E-state index is 0.277. The Labute approximate surface area is 114 Å². The van der Waals surface area contributed by atoms with Gasteiger partial charge in [0.05, 0.1) is 12.8 Å². The van der Waals surface area contributed by atoms with Crippen LogP contribution < -0.4 is 21.1 Å². The SMILES string of the molecule is CCC(N)(CC)CNC(=O)Nc1ccccc1OC. The van der Waals surface area contributed by atoms with E-state index in [4.69, 9.17) is 10.5 Å². The molecule has 0 bridgehead atoms. The molecule has 2 amide bonds. The molecule has 0 atom stereocenters. The summed E-state index contributed by atoms with van der Waals surface area (Å²) in [6, 6.07) is 6.99. The lowest BCUT2D eigenvalue weighted by Crippen LogP contribution is -2.50. The number of amides is 2. The number of methoxy groups -OCH3 is 1. The van der Waals surface area contributed by atoms with Crippen LogP contribution in [0.15, 0.2) is 24.3 Å². The van der Waals surface area contributed by atoms with Gasteiger partial charge in [-0.05, 0) is 25.0 Å². The van der Waals surface area contributed by atoms with Crippen molar-refractivity contribution >= 4 is 11.7 Å². The Morgan fingerprint density at radius 3 is 2.53 bits per heavy atom. The number of carbonyl (C=O) groups is 1. The molecule has 1 rings (SSSR count). The first-order valence-electron chi connectivity index (χ1n) is 6.51. The van der Waals surface area contributed by atoms with Crippen LogP contribution in [0.25, 0.3) is 0 Å². The smallest absolute Gasteiger partial charge is 0.319 e. The van der Waals surface area contributed by atoms with Crippen molar-refractivity contribution in [3.8, 4) is 5.75 Å². The second-order valence-corrected chi connectivity index (χ2v) is 4.58. The highest BCUT2D eigenvalue weighted by Crippen LogP contribution is 2.22. The van der Waals surface area contributed by atoms with Crippen molar-refractivity contribution in [2.45, 2.75) is 32.2 Å². The van der Waals surface area contributed by atoms with E-state index in [2.05, 4.69) is 10.6 Å². The molecule has 1 aromatic carbocycles. The van der Waals surface area contributed by atoms with Gasteiger partial charge in [-0.15, -0.1) is 0 Å². The summed E-state index contributed by atoms with van der Waals surface area (Å²) in [5.41, 5.74) is 6.42. The molecule has 5 nitrogen and oxygen atoms in total. The lowest BCUT2D eigenvalue weighted by molar-refractivity contribution is 0.247. The summed E-state index contributed by atoms with van der Waals surface area (Å²) in [6.07, 6.45) is 1.64. The first kappa shape index (κ1) is 15.3. The van der Waals surface area contributed by atoms with Crippen molar-refractivity contribution in [1.82, 2.24) is 5.32 Å². The second kappa shape index (κ2) is 6.99. The van der Waals surface area contributed by atoms with Crippen LogP contribution >= 0.6 is 0 Å². The van der Waals surface area contributed by atoms with E-state index in [9.17, 15) is 4.79 Å². The van der Waals surface area contributed by atoms with Crippen molar-refractivity contribution in [3.05, 3.63) is 24.3 Å². The van der Waals surface area contributed by atoms with Crippen LogP contribution in [0.2, 0.25) is 0 Å². The monoisotopic (exact) mass is 265 g/mol. The molecular formula is C14H23N3O2. The molecule has 0 aromatic heterocycles. The average Bonchev–Trinajstić information content (AvgIpc) is 2.45. The number of rotatable bonds is 6. The summed E-state index contributed by atoms with van der Waals surface area (Å²) in [5.74, 6) is 0.627. The van der Waals surface area contributed by atoms with E-state index >= 15 is 0 Å². The fourth-order valence-electron chi connectivity index (χ4n) is 1.67. The molecule has 0 saturated carbocycles. The lowest BCUT2D eigenvalue weighted by atomic mass is 9.94. The van der Waals surface area contributed by atoms with Crippen LogP contribution in [-0.4, -0.2) is 25.2 Å². The molecule has 106 valence electrons. The molecular weight excluding hydrogens is 242 g/mol. The molecule has 0 spiro atoms. The topological polar surface area (TPSA) is 76.4 Å². The molecule has 5 heteroatoms. The quantitative estimate of drug-likeness (QED) is 0.739. The molecule has 0 fully saturated rings. The van der Waals surface area contributed by atoms with Crippen molar-refractivity contribution in [1.29, 1.82) is 0 Å². The van der Waals surface area contributed by atoms with Crippen molar-refractivity contribution in [2.24, 2.45) is 5.73 Å². The lowest BCUT2D eigenvalue weighted by Gasteiger charge is -2.26. The number of hydrogen-bond donors (Lipinski definition) is 3. The fourth-order valence-corrected chi connectivity index (χ4v) is 1.67. The number of anilines is 1. The molecule has 0 aliphatic heterocycles. The highest BCUT2D eigenvalue weighted by molar-refractivity contribution is 5.90. The minimum atomic E-state index is -0.349. The average molecular weight is 265 g/mol. The summed E-state index contributed by atoms with van der Waals surface area (Å²) < 4.78 is 5.17. The predicted octanol–water partition coefficient (Wildman–Crippen LogP) is 2.33. The Balaban J connectivity index is 2.56. The Hall–Kier alpha value is -1.75. The molecule has 4 N–H and O–H groups in total. The maximum absolute atomic E-state index is 11.8. The summed E-state index contributed by atoms with van der Waals surface area (Å²) in [5, 5.41) is 5.55. The van der Waals surface area contributed by atoms with Crippen LogP contribution in [-0.2, 0) is 0 Å². The zero-order chi connectivity index (χ0) is 14.3. The van der Waals surface area contributed by atoms with Gasteiger partial charge in [0.15, 0.2) is 0 Å². The van der Waals surface area contributed by atoms with Crippen LogP contribution in [0.1, 0.15) is 26.7 Å². The molecule has 19 heavy (non-hydrogen) atoms. The zero-order valence-electron chi connectivity index (χ0n) is 11.8. The molecule has 1 aromatic rings. The van der Waals surface area contributed by atoms with Crippen molar-refractivity contribution in [2.75, 3.05) is 19.0 Å². The predicted molar refractivity (Wildman–Crippen MR) is 77.5 cm³/mol. The highest BCUT2D eigenvalue weighted by Gasteiger charge is 2.20. The third kappa shape index (κ3) is 4.44. The molecule has 0 radical (unpaired) electrons. The summed E-state index contributed by atoms with van der Waals surface area (Å²) in [6.45, 7) is 4.48. The van der Waals surface area contributed by atoms with Crippen LogP contribution in [0.3, 0.4) is 0 Å². The van der Waals surface area contributed by atoms with Crippen LogP contribution in [0.4, 0.5) is 10.5 Å². The number of nitrogens with one attached hydrogen (secondary N) is 2. The molecule has 0 saturated heterocycles. The van der Waals surface area contributed by atoms with Gasteiger partial charge in [0.1, 0.15) is 5.75 Å². The molecule has 0 unspecified atom stereocenters. The number of nitrogens with two attached hydrogens (primary N) is 1. The van der Waals surface area contributed by atoms with E-state index < -0.39 is 0 Å². The largest absolute Gasteiger partial charge is 0.495 e. The summed E-state index contributed by atoms with van der Waals surface area (Å²) in [4.78, 5) is 11.8. The second-order valence-electron chi connectivity index (χ2n) is 4.58. The Bertz CT molecular complexity index is 417. The third-order valence-electron chi connectivity index (χ3n) is 3.36. The highest BCUT2D eigenvalue weighted by atomic mass is 16.5. The molecule has 0 aliphatic rings. The third-order valence-corrected chi connectivity index (χ3v) is 3.36. The molecule has 0 aliphatic carbocycles. The van der Waals surface area contributed by atoms with Gasteiger partial charge < -0.3 is 21.1 Å². The van der Waals surface area contributed by atoms with Gasteiger partial charge in [0, 0.05) is 12.1 Å². The van der Waals surface area contributed by atoms with Crippen LogP contribution in [0, 0.1) is 0 Å². The Kier molecular flexibility index (Phi) is 5.63. The van der Waals surface area contributed by atoms with Crippen molar-refractivity contribution < 1.29 is 9.53 Å². The Morgan fingerprint density at radius 2 is 1.95 bits per heavy atom. The van der Waals surface area contributed by atoms with E-state index in [0.29, 0.717) is 18.0 Å². The van der Waals surface area contributed by atoms with E-state index in [1.807, 2.05) is 26.0 Å². The number of ether oxygens (including phenoxy) is 1. The molecule has 0 heterocycles. The standard InChI is InChI=1S/C14H23N3O2/c1-4-14(15,5-2)10-16-13(18)17-11-8-6-7-9-12(11)19-3/h6-9H,4-5,10,15H2,1-3H3,(H2,16,17,18). The number of para-hydroxylation sites is 2. The maximum Gasteiger partial charge on any atom is 0.319 e. The van der Waals surface area contributed by atoms with Gasteiger partial charge in [0.2, 0.25) is 0 Å². The van der Waals surface area contributed by atoms with E-state index in [0.717, 1.165) is 12.8 Å². The number of urea groups is 1. The first-order chi connectivity index (χ1) is 9.04. The van der Waals surface area contributed by atoms with E-state index in [1.165, 1.54) is 0 Å². The maximum atomic E-state index is 11.8. The van der Waals surface area contributed by atoms with Gasteiger partial charge >= 0.3 is 6.03 Å². The summed E-state index contributed by atoms with van der Waals surface area (Å²) >= 11 is 0. The summed E-state index contributed by atoms with van der Waals surface area (Å²) in [7, 11) is 1.57. The van der Waals surface area contributed by atoms with Gasteiger partial charge in [-0.3, -0.25) is 0 Å². The van der Waals surface area contributed by atoms with E-state index in [-0.39, 0.29) is 11.6 Å². The fraction of sp³-hybridized carbons (Fsp3) is 0.500. The number of benzene rings is 1. The normalized spacial score (nSPS) is 10.9. The van der Waals surface area contributed by atoms with Gasteiger partial charge in [0.25, 0.3) is 0 Å². The number of carbonyl (C=O) groups excluding carboxylic acids is 1. The Morgan fingerprint density at radius 1 is 1.32 bits per heavy atom. The van der Waals surface area contributed by atoms with Crippen molar-refractivity contribution in [3.63, 3.8) is 0 Å². The van der Waals surface area contributed by atoms with Gasteiger partial charge in [-0.25, -0.2) is 4.79 Å².